The molecule has 1 aliphatic heterocycles. The molecule has 6 heteroatoms. The molecule has 1 fully saturated rings. The van der Waals surface area contributed by atoms with E-state index in [0.717, 1.165) is 43.4 Å². The van der Waals surface area contributed by atoms with Crippen LogP contribution in [0.4, 0.5) is 0 Å². The number of thioether (sulfide) groups is 1. The maximum absolute atomic E-state index is 5.45. The van der Waals surface area contributed by atoms with Crippen molar-refractivity contribution in [3.8, 4) is 0 Å². The van der Waals surface area contributed by atoms with Crippen molar-refractivity contribution >= 4 is 11.8 Å². The molecule has 0 radical (unpaired) electrons. The molecule has 0 aromatic carbocycles. The summed E-state index contributed by atoms with van der Waals surface area (Å²) in [4.78, 5) is 6.93. The van der Waals surface area contributed by atoms with Gasteiger partial charge in [-0.15, -0.1) is 0 Å². The summed E-state index contributed by atoms with van der Waals surface area (Å²) in [6.07, 6.45) is 3.14. The first-order valence-corrected chi connectivity index (χ1v) is 8.73. The van der Waals surface area contributed by atoms with Crippen LogP contribution < -0.4 is 5.32 Å². The van der Waals surface area contributed by atoms with Crippen LogP contribution in [0.25, 0.3) is 0 Å². The first kappa shape index (κ1) is 15.8. The first-order chi connectivity index (χ1) is 9.74. The van der Waals surface area contributed by atoms with Gasteiger partial charge in [0.25, 0.3) is 0 Å². The van der Waals surface area contributed by atoms with Crippen molar-refractivity contribution in [2.24, 2.45) is 0 Å². The average molecular weight is 298 g/mol. The Kier molecular flexibility index (Phi) is 6.32. The van der Waals surface area contributed by atoms with Gasteiger partial charge in [-0.1, -0.05) is 25.4 Å². The molecule has 5 nitrogen and oxygen atoms in total. The summed E-state index contributed by atoms with van der Waals surface area (Å²) >= 11 is 1.97. The second kappa shape index (κ2) is 8.00. The molecule has 20 heavy (non-hydrogen) atoms. The molecule has 1 N–H and O–H groups in total. The van der Waals surface area contributed by atoms with Gasteiger partial charge in [0.1, 0.15) is 0 Å². The zero-order chi connectivity index (χ0) is 14.4. The predicted molar refractivity (Wildman–Crippen MR) is 83.1 cm³/mol. The van der Waals surface area contributed by atoms with Crippen molar-refractivity contribution in [1.29, 1.82) is 0 Å². The minimum absolute atomic E-state index is 0.301. The van der Waals surface area contributed by atoms with E-state index in [9.17, 15) is 0 Å². The van der Waals surface area contributed by atoms with E-state index in [0.29, 0.717) is 12.1 Å². The molecule has 1 aromatic rings. The van der Waals surface area contributed by atoms with Gasteiger partial charge >= 0.3 is 0 Å². The van der Waals surface area contributed by atoms with Gasteiger partial charge in [-0.3, -0.25) is 4.90 Å². The second-order valence-electron chi connectivity index (χ2n) is 5.37. The molecule has 0 saturated carbocycles. The summed E-state index contributed by atoms with van der Waals surface area (Å²) in [6, 6.07) is 0.742. The highest BCUT2D eigenvalue weighted by Gasteiger charge is 2.26. The van der Waals surface area contributed by atoms with Crippen LogP contribution in [-0.2, 0) is 6.42 Å². The van der Waals surface area contributed by atoms with E-state index < -0.39 is 0 Å². The molecule has 2 rings (SSSR count). The van der Waals surface area contributed by atoms with Crippen LogP contribution in [0.5, 0.6) is 0 Å². The van der Waals surface area contributed by atoms with Crippen LogP contribution in [0.15, 0.2) is 4.52 Å². The van der Waals surface area contributed by atoms with Gasteiger partial charge in [0.05, 0.1) is 6.04 Å². The SMILES string of the molecule is CCCC(Cc1nc(C2CSCCN2C)no1)NCC. The van der Waals surface area contributed by atoms with Gasteiger partial charge in [0, 0.05) is 30.5 Å². The van der Waals surface area contributed by atoms with E-state index >= 15 is 0 Å². The predicted octanol–water partition coefficient (Wildman–Crippen LogP) is 2.11. The fourth-order valence-corrected chi connectivity index (χ4v) is 3.78. The molecule has 1 aliphatic rings. The molecule has 2 unspecified atom stereocenters. The summed E-state index contributed by atoms with van der Waals surface area (Å²) in [5, 5.41) is 7.68. The highest BCUT2D eigenvalue weighted by molar-refractivity contribution is 7.99. The van der Waals surface area contributed by atoms with Crippen molar-refractivity contribution in [2.45, 2.75) is 45.2 Å². The maximum Gasteiger partial charge on any atom is 0.228 e. The van der Waals surface area contributed by atoms with Gasteiger partial charge in [-0.05, 0) is 20.0 Å². The average Bonchev–Trinajstić information content (AvgIpc) is 2.88. The third-order valence-electron chi connectivity index (χ3n) is 3.73. The Labute approximate surface area is 125 Å². The van der Waals surface area contributed by atoms with Crippen LogP contribution in [0.2, 0.25) is 0 Å². The highest BCUT2D eigenvalue weighted by atomic mass is 32.2. The Bertz CT molecular complexity index is 392. The highest BCUT2D eigenvalue weighted by Crippen LogP contribution is 2.26. The molecule has 0 amide bonds. The Morgan fingerprint density at radius 3 is 3.05 bits per heavy atom. The van der Waals surface area contributed by atoms with E-state index in [1.165, 1.54) is 12.2 Å². The van der Waals surface area contributed by atoms with Crippen molar-refractivity contribution in [3.63, 3.8) is 0 Å². The van der Waals surface area contributed by atoms with E-state index in [1.54, 1.807) is 0 Å². The molecule has 2 heterocycles. The Hall–Kier alpha value is -0.590. The molecule has 0 bridgehead atoms. The molecule has 1 aromatic heterocycles. The van der Waals surface area contributed by atoms with Crippen LogP contribution >= 0.6 is 11.8 Å². The Morgan fingerprint density at radius 1 is 1.50 bits per heavy atom. The number of nitrogens with one attached hydrogen (secondary N) is 1. The van der Waals surface area contributed by atoms with Crippen LogP contribution in [0, 0.1) is 0 Å². The van der Waals surface area contributed by atoms with Gasteiger partial charge in [-0.2, -0.15) is 16.7 Å². The zero-order valence-electron chi connectivity index (χ0n) is 12.8. The fourth-order valence-electron chi connectivity index (χ4n) is 2.57. The number of likely N-dealkylation sites (N-methyl/N-ethyl adjacent to an activating group) is 1. The van der Waals surface area contributed by atoms with E-state index in [-0.39, 0.29) is 0 Å². The summed E-state index contributed by atoms with van der Waals surface area (Å²) in [6.45, 7) is 6.41. The topological polar surface area (TPSA) is 54.2 Å². The third kappa shape index (κ3) is 4.20. The lowest BCUT2D eigenvalue weighted by atomic mass is 10.1. The lowest BCUT2D eigenvalue weighted by Gasteiger charge is -2.29. The molecular weight excluding hydrogens is 272 g/mol. The number of rotatable bonds is 7. The second-order valence-corrected chi connectivity index (χ2v) is 6.51. The minimum atomic E-state index is 0.301. The van der Waals surface area contributed by atoms with E-state index in [4.69, 9.17) is 4.52 Å². The first-order valence-electron chi connectivity index (χ1n) is 7.58. The summed E-state index contributed by atoms with van der Waals surface area (Å²) in [7, 11) is 2.14. The van der Waals surface area contributed by atoms with Crippen LogP contribution in [0.3, 0.4) is 0 Å². The van der Waals surface area contributed by atoms with Crippen LogP contribution in [-0.4, -0.2) is 52.7 Å². The summed E-state index contributed by atoms with van der Waals surface area (Å²) < 4.78 is 5.45. The molecule has 0 spiro atoms. The zero-order valence-corrected chi connectivity index (χ0v) is 13.6. The smallest absolute Gasteiger partial charge is 0.228 e. The van der Waals surface area contributed by atoms with Gasteiger partial charge < -0.3 is 9.84 Å². The normalized spacial score (nSPS) is 22.1. The number of hydrogen-bond acceptors (Lipinski definition) is 6. The molecular formula is C14H26N4OS. The van der Waals surface area contributed by atoms with Crippen molar-refractivity contribution in [2.75, 3.05) is 31.6 Å². The van der Waals surface area contributed by atoms with Crippen molar-refractivity contribution in [1.82, 2.24) is 20.4 Å². The lowest BCUT2D eigenvalue weighted by Crippen LogP contribution is -2.33. The van der Waals surface area contributed by atoms with Gasteiger partial charge in [0.2, 0.25) is 5.89 Å². The maximum atomic E-state index is 5.45. The summed E-state index contributed by atoms with van der Waals surface area (Å²) in [5.41, 5.74) is 0. The summed E-state index contributed by atoms with van der Waals surface area (Å²) in [5.74, 6) is 3.86. The van der Waals surface area contributed by atoms with Crippen LogP contribution in [0.1, 0.15) is 44.4 Å². The molecule has 114 valence electrons. The lowest BCUT2D eigenvalue weighted by molar-refractivity contribution is 0.256. The monoisotopic (exact) mass is 298 g/mol. The third-order valence-corrected chi connectivity index (χ3v) is 4.75. The quantitative estimate of drug-likeness (QED) is 0.832. The van der Waals surface area contributed by atoms with Crippen molar-refractivity contribution in [3.05, 3.63) is 11.7 Å². The van der Waals surface area contributed by atoms with Gasteiger partial charge in [-0.25, -0.2) is 0 Å². The largest absolute Gasteiger partial charge is 0.339 e. The number of aromatic nitrogens is 2. The number of hydrogen-bond donors (Lipinski definition) is 1. The van der Waals surface area contributed by atoms with E-state index in [1.807, 2.05) is 11.8 Å². The Balaban J connectivity index is 1.96. The number of nitrogens with zero attached hydrogens (tertiary/aromatic N) is 3. The standard InChI is InChI=1S/C14H26N4OS/c1-4-6-11(15-5-2)9-13-16-14(17-19-13)12-10-20-8-7-18(12)3/h11-12,15H,4-10H2,1-3H3. The molecule has 0 aliphatic carbocycles. The van der Waals surface area contributed by atoms with Gasteiger partial charge in [0.15, 0.2) is 5.82 Å². The molecule has 1 saturated heterocycles. The van der Waals surface area contributed by atoms with E-state index in [2.05, 4.69) is 41.3 Å². The molecule has 2 atom stereocenters. The van der Waals surface area contributed by atoms with Crippen molar-refractivity contribution < 1.29 is 4.52 Å². The Morgan fingerprint density at radius 2 is 2.35 bits per heavy atom. The minimum Gasteiger partial charge on any atom is -0.339 e. The fraction of sp³-hybridized carbons (Fsp3) is 0.857.